The summed E-state index contributed by atoms with van der Waals surface area (Å²) in [6.45, 7) is 1.55. The molecule has 106 valence electrons. The first-order chi connectivity index (χ1) is 8.94. The van der Waals surface area contributed by atoms with Gasteiger partial charge >= 0.3 is 12.0 Å². The molecule has 0 spiro atoms. The van der Waals surface area contributed by atoms with E-state index >= 15 is 0 Å². The third kappa shape index (κ3) is 2.86. The number of methoxy groups -OCH3 is 1. The highest BCUT2D eigenvalue weighted by atomic mass is 32.2. The molecule has 1 N–H and O–H groups in total. The van der Waals surface area contributed by atoms with Crippen LogP contribution in [0.25, 0.3) is 0 Å². The summed E-state index contributed by atoms with van der Waals surface area (Å²) in [5, 5.41) is 6.28. The molecule has 19 heavy (non-hydrogen) atoms. The Bertz CT molecular complexity index is 567. The smallest absolute Gasteiger partial charge is 0.329 e. The predicted octanol–water partition coefficient (Wildman–Crippen LogP) is 0.461. The second-order valence-corrected chi connectivity index (χ2v) is 6.27. The average molecular weight is 289 g/mol. The molecule has 1 fully saturated rings. The van der Waals surface area contributed by atoms with Crippen molar-refractivity contribution in [1.82, 2.24) is 10.2 Å². The summed E-state index contributed by atoms with van der Waals surface area (Å²) in [4.78, 5) is 11.6. The zero-order valence-electron chi connectivity index (χ0n) is 10.6. The van der Waals surface area contributed by atoms with Gasteiger partial charge in [0.25, 0.3) is 0 Å². The number of rotatable bonds is 4. The molecule has 1 aliphatic carbocycles. The fraction of sp³-hybridized carbons (Fsp3) is 0.700. The maximum Gasteiger partial charge on any atom is 0.329 e. The molecule has 1 aromatic heterocycles. The number of ether oxygens (including phenoxy) is 1. The van der Waals surface area contributed by atoms with E-state index in [2.05, 4.69) is 19.7 Å². The van der Waals surface area contributed by atoms with Crippen molar-refractivity contribution in [3.63, 3.8) is 0 Å². The van der Waals surface area contributed by atoms with Crippen LogP contribution in [-0.4, -0.2) is 36.9 Å². The lowest BCUT2D eigenvalue weighted by molar-refractivity contribution is -0.145. The Balaban J connectivity index is 2.17. The molecular weight excluding hydrogens is 274 g/mol. The minimum atomic E-state index is -3.75. The molecule has 0 aromatic carbocycles. The molecule has 1 aliphatic rings. The highest BCUT2D eigenvalue weighted by molar-refractivity contribution is 7.93. The minimum Gasteiger partial charge on any atom is -0.469 e. The Labute approximate surface area is 110 Å². The third-order valence-electron chi connectivity index (χ3n) is 3.11. The largest absolute Gasteiger partial charge is 0.469 e. The maximum absolute atomic E-state index is 12.2. The predicted molar refractivity (Wildman–Crippen MR) is 64.7 cm³/mol. The number of anilines is 1. The topological polar surface area (TPSA) is 111 Å². The van der Waals surface area contributed by atoms with Gasteiger partial charge < -0.3 is 9.15 Å². The second kappa shape index (κ2) is 5.16. The van der Waals surface area contributed by atoms with Gasteiger partial charge in [0.05, 0.1) is 18.3 Å². The van der Waals surface area contributed by atoms with Gasteiger partial charge in [-0.3, -0.25) is 4.79 Å². The molecule has 2 atom stereocenters. The highest BCUT2D eigenvalue weighted by Crippen LogP contribution is 2.32. The average Bonchev–Trinajstić information content (AvgIpc) is 2.97. The van der Waals surface area contributed by atoms with Gasteiger partial charge in [-0.1, -0.05) is 11.5 Å². The number of sulfonamides is 1. The van der Waals surface area contributed by atoms with Gasteiger partial charge in [0.15, 0.2) is 0 Å². The summed E-state index contributed by atoms with van der Waals surface area (Å²) in [6.07, 6.45) is 1.57. The van der Waals surface area contributed by atoms with Crippen LogP contribution in [0.1, 0.15) is 25.2 Å². The Morgan fingerprint density at radius 3 is 2.74 bits per heavy atom. The quantitative estimate of drug-likeness (QED) is 0.801. The van der Waals surface area contributed by atoms with Crippen LogP contribution in [0.3, 0.4) is 0 Å². The number of aryl methyl sites for hydroxylation is 1. The molecular formula is C10H15N3O5S. The summed E-state index contributed by atoms with van der Waals surface area (Å²) in [6, 6.07) is -0.187. The van der Waals surface area contributed by atoms with Crippen molar-refractivity contribution in [3.05, 3.63) is 5.89 Å². The first-order valence-electron chi connectivity index (χ1n) is 5.83. The Morgan fingerprint density at radius 1 is 1.42 bits per heavy atom. The third-order valence-corrected chi connectivity index (χ3v) is 4.93. The molecule has 0 bridgehead atoms. The van der Waals surface area contributed by atoms with Gasteiger partial charge in [-0.05, 0) is 12.8 Å². The van der Waals surface area contributed by atoms with Crippen LogP contribution in [0.15, 0.2) is 4.42 Å². The van der Waals surface area contributed by atoms with Crippen molar-refractivity contribution in [3.8, 4) is 0 Å². The van der Waals surface area contributed by atoms with Crippen LogP contribution < -0.4 is 4.72 Å². The molecule has 1 aromatic rings. The Hall–Kier alpha value is -1.64. The molecule has 2 unspecified atom stereocenters. The number of hydrogen-bond donors (Lipinski definition) is 1. The molecule has 0 aliphatic heterocycles. The van der Waals surface area contributed by atoms with Crippen molar-refractivity contribution >= 4 is 22.0 Å². The number of nitrogens with one attached hydrogen (secondary N) is 1. The van der Waals surface area contributed by atoms with E-state index in [1.54, 1.807) is 6.92 Å². The van der Waals surface area contributed by atoms with Crippen molar-refractivity contribution in [1.29, 1.82) is 0 Å². The summed E-state index contributed by atoms with van der Waals surface area (Å²) < 4.78 is 36.2. The number of aromatic nitrogens is 2. The lowest BCUT2D eigenvalue weighted by Gasteiger charge is -2.17. The van der Waals surface area contributed by atoms with Crippen LogP contribution in [0.5, 0.6) is 0 Å². The van der Waals surface area contributed by atoms with Gasteiger partial charge in [-0.15, -0.1) is 5.10 Å². The standard InChI is InChI=1S/C10H15N3O5S/c1-6-11-12-10(18-6)13-19(15,16)8-5-3-4-7(8)9(14)17-2/h7-8H,3-5H2,1-2H3,(H,12,13). The number of carbonyl (C=O) groups is 1. The number of hydrogen-bond acceptors (Lipinski definition) is 7. The maximum atomic E-state index is 12.2. The zero-order valence-corrected chi connectivity index (χ0v) is 11.4. The van der Waals surface area contributed by atoms with Gasteiger partial charge in [0.1, 0.15) is 0 Å². The fourth-order valence-corrected chi connectivity index (χ4v) is 3.89. The van der Waals surface area contributed by atoms with Crippen molar-refractivity contribution in [2.75, 3.05) is 11.8 Å². The van der Waals surface area contributed by atoms with Crippen molar-refractivity contribution in [2.24, 2.45) is 5.92 Å². The fourth-order valence-electron chi connectivity index (χ4n) is 2.25. The monoisotopic (exact) mass is 289 g/mol. The minimum absolute atomic E-state index is 0.187. The molecule has 1 heterocycles. The normalized spacial score (nSPS) is 23.3. The van der Waals surface area contributed by atoms with Gasteiger partial charge in [0, 0.05) is 6.92 Å². The van der Waals surface area contributed by atoms with E-state index in [4.69, 9.17) is 4.42 Å². The zero-order chi connectivity index (χ0) is 14.0. The number of carbonyl (C=O) groups excluding carboxylic acids is 1. The summed E-state index contributed by atoms with van der Waals surface area (Å²) >= 11 is 0. The molecule has 2 rings (SSSR count). The van der Waals surface area contributed by atoms with E-state index in [0.29, 0.717) is 19.3 Å². The van der Waals surface area contributed by atoms with E-state index in [-0.39, 0.29) is 11.9 Å². The van der Waals surface area contributed by atoms with Gasteiger partial charge in [-0.25, -0.2) is 13.1 Å². The molecule has 1 saturated carbocycles. The number of esters is 1. The van der Waals surface area contributed by atoms with Gasteiger partial charge in [-0.2, -0.15) is 0 Å². The van der Waals surface area contributed by atoms with E-state index < -0.39 is 27.2 Å². The van der Waals surface area contributed by atoms with Crippen LogP contribution in [0, 0.1) is 12.8 Å². The van der Waals surface area contributed by atoms with Crippen LogP contribution in [0.2, 0.25) is 0 Å². The van der Waals surface area contributed by atoms with Crippen LogP contribution in [0.4, 0.5) is 6.01 Å². The molecule has 0 saturated heterocycles. The lowest BCUT2D eigenvalue weighted by Crippen LogP contribution is -2.35. The molecule has 8 nitrogen and oxygen atoms in total. The first-order valence-corrected chi connectivity index (χ1v) is 7.38. The second-order valence-electron chi connectivity index (χ2n) is 4.37. The van der Waals surface area contributed by atoms with Crippen molar-refractivity contribution < 1.29 is 22.4 Å². The highest BCUT2D eigenvalue weighted by Gasteiger charge is 2.42. The Kier molecular flexibility index (Phi) is 3.74. The van der Waals surface area contributed by atoms with E-state index in [1.807, 2.05) is 0 Å². The van der Waals surface area contributed by atoms with Crippen molar-refractivity contribution in [2.45, 2.75) is 31.4 Å². The van der Waals surface area contributed by atoms with Gasteiger partial charge in [0.2, 0.25) is 15.9 Å². The summed E-state index contributed by atoms with van der Waals surface area (Å²) in [5.74, 6) is -0.894. The molecule has 9 heteroatoms. The summed E-state index contributed by atoms with van der Waals surface area (Å²) in [7, 11) is -2.50. The summed E-state index contributed by atoms with van der Waals surface area (Å²) in [5.41, 5.74) is 0. The first kappa shape index (κ1) is 13.8. The number of nitrogens with zero attached hydrogens (tertiary/aromatic N) is 2. The van der Waals surface area contributed by atoms with Crippen LogP contribution in [-0.2, 0) is 19.6 Å². The SMILES string of the molecule is COC(=O)C1CCCC1S(=O)(=O)Nc1nnc(C)o1. The Morgan fingerprint density at radius 2 is 2.16 bits per heavy atom. The van der Waals surface area contributed by atoms with E-state index in [9.17, 15) is 13.2 Å². The molecule has 0 amide bonds. The lowest BCUT2D eigenvalue weighted by atomic mass is 10.1. The van der Waals surface area contributed by atoms with Crippen LogP contribution >= 0.6 is 0 Å². The van der Waals surface area contributed by atoms with E-state index in [1.165, 1.54) is 7.11 Å². The molecule has 0 radical (unpaired) electrons. The van der Waals surface area contributed by atoms with E-state index in [0.717, 1.165) is 0 Å².